The molecule has 6 heterocycles. The fraction of sp³-hybridized carbons (Fsp3) is 0.882. The zero-order chi connectivity index (χ0) is 58.3. The van der Waals surface area contributed by atoms with Gasteiger partial charge in [-0.05, 0) is 74.1 Å². The van der Waals surface area contributed by atoms with Crippen LogP contribution in [0.25, 0.3) is 0 Å². The summed E-state index contributed by atoms with van der Waals surface area (Å²) in [6, 6.07) is 0. The van der Waals surface area contributed by atoms with E-state index in [-0.39, 0.29) is 13.2 Å². The summed E-state index contributed by atoms with van der Waals surface area (Å²) in [6.45, 7) is 9.68. The zero-order valence-corrected chi connectivity index (χ0v) is 45.3. The predicted octanol–water partition coefficient (Wildman–Crippen LogP) is -5.57. The molecule has 6 aliphatic heterocycles. The number of hydrogen-bond acceptors (Lipinski definition) is 28. The first-order valence-corrected chi connectivity index (χ1v) is 26.8. The minimum atomic E-state index is -1.81. The molecule has 6 aliphatic rings. The average molecular weight is 1150 g/mol. The molecule has 0 spiro atoms. The molecule has 0 aliphatic carbocycles. The van der Waals surface area contributed by atoms with E-state index < -0.39 is 197 Å². The van der Waals surface area contributed by atoms with E-state index in [1.807, 2.05) is 19.9 Å². The number of rotatable bonds is 22. The number of ether oxygens (including phenoxy) is 12. The molecule has 79 heavy (non-hydrogen) atoms. The third kappa shape index (κ3) is 16.1. The van der Waals surface area contributed by atoms with Crippen molar-refractivity contribution in [2.45, 2.75) is 258 Å². The second kappa shape index (κ2) is 29.8. The third-order valence-corrected chi connectivity index (χ3v) is 15.2. The first-order chi connectivity index (χ1) is 37.3. The molecular weight excluding hydrogens is 1060 g/mol. The molecule has 0 aromatic heterocycles. The monoisotopic (exact) mass is 1150 g/mol. The van der Waals surface area contributed by atoms with Crippen LogP contribution in [-0.4, -0.2) is 292 Å². The fourth-order valence-electron chi connectivity index (χ4n) is 9.93. The minimum Gasteiger partial charge on any atom is -0.394 e. The van der Waals surface area contributed by atoms with Crippen LogP contribution in [0.3, 0.4) is 0 Å². The Labute approximate surface area is 457 Å². The Hall–Kier alpha value is -1.90. The molecule has 6 fully saturated rings. The van der Waals surface area contributed by atoms with Gasteiger partial charge in [0.1, 0.15) is 122 Å². The Balaban J connectivity index is 1.06. The molecule has 0 bridgehead atoms. The standard InChI is InChI=1S/C51H86O28/c1-19(11-9-13-21(3)18-69-51-45(79-49-41(67)37(63)31(57)25(7)73-49)43(33(59)27(17-53)75-51)77-47-39(65)35(61)29(55)23(5)71-47)10-8-12-20(2)14-15-68-50-44(78-48-40(66)36(62)30(56)24(6)72-48)42(32(58)26(16-52)74-50)76-46-38(64)34(60)28(54)22(4)70-46/h10,13-14,22-67H,8-9,11-12,15-18H2,1-7H3. The Morgan fingerprint density at radius 1 is 0.342 bits per heavy atom. The quantitative estimate of drug-likeness (QED) is 0.0450. The molecule has 0 amide bonds. The van der Waals surface area contributed by atoms with E-state index in [2.05, 4.69) is 6.08 Å². The smallest absolute Gasteiger partial charge is 0.187 e. The summed E-state index contributed by atoms with van der Waals surface area (Å²) in [4.78, 5) is 0. The van der Waals surface area contributed by atoms with E-state index in [0.717, 1.165) is 16.7 Å². The largest absolute Gasteiger partial charge is 0.394 e. The van der Waals surface area contributed by atoms with E-state index in [9.17, 15) is 81.7 Å². The molecule has 0 aromatic carbocycles. The summed E-state index contributed by atoms with van der Waals surface area (Å²) in [5.41, 5.74) is 2.68. The molecule has 0 saturated carbocycles. The van der Waals surface area contributed by atoms with Crippen LogP contribution in [0.4, 0.5) is 0 Å². The molecule has 30 unspecified atom stereocenters. The van der Waals surface area contributed by atoms with Crippen LogP contribution < -0.4 is 0 Å². The van der Waals surface area contributed by atoms with Crippen LogP contribution in [0.5, 0.6) is 0 Å². The minimum absolute atomic E-state index is 0.0838. The topological polar surface area (TPSA) is 434 Å². The summed E-state index contributed by atoms with van der Waals surface area (Å²) in [5.74, 6) is 0. The molecule has 28 nitrogen and oxygen atoms in total. The van der Waals surface area contributed by atoms with Gasteiger partial charge in [0.2, 0.25) is 0 Å². The molecule has 0 aromatic rings. The van der Waals surface area contributed by atoms with Gasteiger partial charge in [-0.15, -0.1) is 0 Å². The van der Waals surface area contributed by atoms with Crippen LogP contribution in [0, 0.1) is 0 Å². The normalized spacial score (nSPS) is 47.8. The first kappa shape index (κ1) is 66.2. The number of hydrogen-bond donors (Lipinski definition) is 16. The molecular formula is C51H86O28. The van der Waals surface area contributed by atoms with E-state index in [4.69, 9.17) is 56.8 Å². The average Bonchev–Trinajstić information content (AvgIpc) is 3.52. The zero-order valence-electron chi connectivity index (χ0n) is 45.3. The van der Waals surface area contributed by atoms with Crippen molar-refractivity contribution in [3.05, 3.63) is 34.9 Å². The Kier molecular flexibility index (Phi) is 25.0. The van der Waals surface area contributed by atoms with E-state index in [0.29, 0.717) is 25.7 Å². The summed E-state index contributed by atoms with van der Waals surface area (Å²) >= 11 is 0. The lowest BCUT2D eigenvalue weighted by Gasteiger charge is -2.48. The SMILES string of the molecule is CC(=CCCC(C)=CCOC1OC(CO)C(O)C(OC2OC(C)C(O)C(O)C2O)C1OC1OC(C)C(O)C(O)C1O)CCC=C(C)COC1OC(CO)C(O)C(OC2OC(C)C(O)C(O)C2O)C1OC1OC(C)C(O)C(O)C1O. The van der Waals surface area contributed by atoms with Crippen LogP contribution in [-0.2, 0) is 56.8 Å². The van der Waals surface area contributed by atoms with E-state index in [1.54, 1.807) is 13.0 Å². The van der Waals surface area contributed by atoms with Gasteiger partial charge < -0.3 is 139 Å². The fourth-order valence-corrected chi connectivity index (χ4v) is 9.93. The molecule has 0 radical (unpaired) electrons. The summed E-state index contributed by atoms with van der Waals surface area (Å²) < 4.78 is 70.8. The van der Waals surface area contributed by atoms with Gasteiger partial charge in [-0.3, -0.25) is 0 Å². The van der Waals surface area contributed by atoms with Gasteiger partial charge in [0, 0.05) is 0 Å². The lowest BCUT2D eigenvalue weighted by atomic mass is 9.96. The van der Waals surface area contributed by atoms with Crippen molar-refractivity contribution in [1.82, 2.24) is 0 Å². The summed E-state index contributed by atoms with van der Waals surface area (Å²) in [6.07, 6.45) is -37.6. The van der Waals surface area contributed by atoms with Gasteiger partial charge in [0.15, 0.2) is 37.7 Å². The highest BCUT2D eigenvalue weighted by atomic mass is 16.8. The third-order valence-electron chi connectivity index (χ3n) is 15.2. The van der Waals surface area contributed by atoms with Gasteiger partial charge >= 0.3 is 0 Å². The number of allylic oxidation sites excluding steroid dienone is 4. The van der Waals surface area contributed by atoms with Crippen molar-refractivity contribution < 1.29 is 139 Å². The van der Waals surface area contributed by atoms with Crippen molar-refractivity contribution >= 4 is 0 Å². The van der Waals surface area contributed by atoms with Gasteiger partial charge in [-0.2, -0.15) is 0 Å². The van der Waals surface area contributed by atoms with Crippen LogP contribution in [0.2, 0.25) is 0 Å². The van der Waals surface area contributed by atoms with Crippen molar-refractivity contribution in [2.24, 2.45) is 0 Å². The highest BCUT2D eigenvalue weighted by Gasteiger charge is 2.56. The van der Waals surface area contributed by atoms with Crippen LogP contribution in [0.15, 0.2) is 34.9 Å². The second-order valence-corrected chi connectivity index (χ2v) is 21.4. The van der Waals surface area contributed by atoms with E-state index in [1.165, 1.54) is 27.7 Å². The maximum atomic E-state index is 11.4. The van der Waals surface area contributed by atoms with Gasteiger partial charge in [-0.1, -0.05) is 34.9 Å². The molecule has 458 valence electrons. The van der Waals surface area contributed by atoms with E-state index >= 15 is 0 Å². The Morgan fingerprint density at radius 2 is 0.646 bits per heavy atom. The second-order valence-electron chi connectivity index (χ2n) is 21.4. The molecule has 6 saturated heterocycles. The number of aliphatic hydroxyl groups excluding tert-OH is 16. The van der Waals surface area contributed by atoms with Gasteiger partial charge in [-0.25, -0.2) is 0 Å². The van der Waals surface area contributed by atoms with Gasteiger partial charge in [0.05, 0.1) is 50.8 Å². The molecule has 28 heteroatoms. The Bertz CT molecular complexity index is 1950. The lowest BCUT2D eigenvalue weighted by Crippen LogP contribution is -2.66. The number of aliphatic hydroxyl groups is 16. The predicted molar refractivity (Wildman–Crippen MR) is 264 cm³/mol. The van der Waals surface area contributed by atoms with Crippen LogP contribution in [0.1, 0.15) is 74.1 Å². The van der Waals surface area contributed by atoms with Crippen molar-refractivity contribution in [3.63, 3.8) is 0 Å². The Morgan fingerprint density at radius 3 is 0.987 bits per heavy atom. The highest BCUT2D eigenvalue weighted by molar-refractivity contribution is 5.07. The van der Waals surface area contributed by atoms with Crippen LogP contribution >= 0.6 is 0 Å². The molecule has 6 rings (SSSR count). The van der Waals surface area contributed by atoms with Gasteiger partial charge in [0.25, 0.3) is 0 Å². The lowest BCUT2D eigenvalue weighted by molar-refractivity contribution is -0.388. The molecule has 16 N–H and O–H groups in total. The maximum absolute atomic E-state index is 11.4. The first-order valence-electron chi connectivity index (χ1n) is 26.8. The highest BCUT2D eigenvalue weighted by Crippen LogP contribution is 2.36. The van der Waals surface area contributed by atoms with Crippen molar-refractivity contribution in [2.75, 3.05) is 26.4 Å². The summed E-state index contributed by atoms with van der Waals surface area (Å²) in [7, 11) is 0. The maximum Gasteiger partial charge on any atom is 0.187 e. The summed E-state index contributed by atoms with van der Waals surface area (Å²) in [5, 5.41) is 170. The van der Waals surface area contributed by atoms with Crippen molar-refractivity contribution in [1.29, 1.82) is 0 Å². The van der Waals surface area contributed by atoms with Crippen molar-refractivity contribution in [3.8, 4) is 0 Å². The molecule has 30 atom stereocenters.